The number of aliphatic hydroxyl groups is 1. The van der Waals surface area contributed by atoms with E-state index in [1.165, 1.54) is 12.8 Å². The van der Waals surface area contributed by atoms with Gasteiger partial charge >= 0.3 is 5.97 Å². The van der Waals surface area contributed by atoms with E-state index in [-0.39, 0.29) is 12.4 Å². The molecule has 4 rings (SSSR count). The molecule has 5 atom stereocenters. The molecule has 1 saturated heterocycles. The summed E-state index contributed by atoms with van der Waals surface area (Å²) in [5.74, 6) is 1.87. The molecule has 0 radical (unpaired) electrons. The quantitative estimate of drug-likeness (QED) is 0.609. The Morgan fingerprint density at radius 2 is 2.20 bits per heavy atom. The van der Waals surface area contributed by atoms with Crippen molar-refractivity contribution in [1.29, 1.82) is 0 Å². The van der Waals surface area contributed by atoms with Gasteiger partial charge in [0.25, 0.3) is 0 Å². The average molecular weight is 208 g/mol. The Morgan fingerprint density at radius 1 is 1.33 bits per heavy atom. The normalized spacial score (nSPS) is 60.6. The van der Waals surface area contributed by atoms with E-state index in [9.17, 15) is 9.90 Å². The lowest BCUT2D eigenvalue weighted by atomic mass is 9.72. The lowest BCUT2D eigenvalue weighted by molar-refractivity contribution is -0.167. The van der Waals surface area contributed by atoms with E-state index in [2.05, 4.69) is 0 Å². The third kappa shape index (κ3) is 0.850. The maximum absolute atomic E-state index is 11.4. The van der Waals surface area contributed by atoms with Gasteiger partial charge in [0.05, 0.1) is 6.42 Å². The molecule has 0 bridgehead atoms. The summed E-state index contributed by atoms with van der Waals surface area (Å²) in [6.45, 7) is 0. The number of fused-ring (bicyclic) bond motifs is 1. The summed E-state index contributed by atoms with van der Waals surface area (Å²) in [6.07, 6.45) is 5.47. The Kier molecular flexibility index (Phi) is 1.28. The van der Waals surface area contributed by atoms with E-state index in [1.54, 1.807) is 0 Å². The van der Waals surface area contributed by atoms with Gasteiger partial charge in [-0.3, -0.25) is 4.79 Å². The van der Waals surface area contributed by atoms with Gasteiger partial charge in [-0.1, -0.05) is 0 Å². The molecule has 0 aromatic carbocycles. The molecule has 4 aliphatic rings. The van der Waals surface area contributed by atoms with Crippen molar-refractivity contribution in [1.82, 2.24) is 0 Å². The monoisotopic (exact) mass is 208 g/mol. The molecule has 1 N–H and O–H groups in total. The highest BCUT2D eigenvalue weighted by Crippen LogP contribution is 2.66. The molecule has 0 aromatic heterocycles. The second-order valence-corrected chi connectivity index (χ2v) is 6.00. The third-order valence-corrected chi connectivity index (χ3v) is 5.31. The highest BCUT2D eigenvalue weighted by atomic mass is 16.6. The number of esters is 1. The van der Waals surface area contributed by atoms with E-state index in [0.717, 1.165) is 31.1 Å². The van der Waals surface area contributed by atoms with Crippen LogP contribution in [0.15, 0.2) is 0 Å². The van der Waals surface area contributed by atoms with Crippen molar-refractivity contribution in [2.24, 2.45) is 17.8 Å². The van der Waals surface area contributed by atoms with E-state index in [0.29, 0.717) is 5.92 Å². The van der Waals surface area contributed by atoms with Crippen molar-refractivity contribution >= 4 is 5.97 Å². The number of ether oxygens (including phenoxy) is 1. The highest BCUT2D eigenvalue weighted by Gasteiger charge is 2.71. The van der Waals surface area contributed by atoms with Crippen LogP contribution in [0.1, 0.15) is 38.5 Å². The second-order valence-electron chi connectivity index (χ2n) is 6.00. The first kappa shape index (κ1) is 8.57. The van der Waals surface area contributed by atoms with Gasteiger partial charge in [0.2, 0.25) is 0 Å². The van der Waals surface area contributed by atoms with Gasteiger partial charge in [0.15, 0.2) is 0 Å². The molecule has 0 unspecified atom stereocenters. The van der Waals surface area contributed by atoms with Crippen molar-refractivity contribution in [2.45, 2.75) is 49.7 Å². The van der Waals surface area contributed by atoms with Crippen LogP contribution in [-0.4, -0.2) is 22.3 Å². The summed E-state index contributed by atoms with van der Waals surface area (Å²) in [7, 11) is 0. The van der Waals surface area contributed by atoms with E-state index < -0.39 is 11.2 Å². The van der Waals surface area contributed by atoms with Gasteiger partial charge in [0, 0.05) is 5.92 Å². The summed E-state index contributed by atoms with van der Waals surface area (Å²) in [5, 5.41) is 10.6. The molecule has 15 heavy (non-hydrogen) atoms. The molecule has 4 fully saturated rings. The molecule has 82 valence electrons. The molecule has 3 heteroatoms. The van der Waals surface area contributed by atoms with Crippen molar-refractivity contribution in [3.8, 4) is 0 Å². The minimum atomic E-state index is -0.817. The fourth-order valence-electron chi connectivity index (χ4n) is 4.44. The van der Waals surface area contributed by atoms with Crippen LogP contribution in [0.3, 0.4) is 0 Å². The van der Waals surface area contributed by atoms with Crippen molar-refractivity contribution < 1.29 is 14.6 Å². The predicted octanol–water partition coefficient (Wildman–Crippen LogP) is 1.24. The molecular weight excluding hydrogens is 192 g/mol. The van der Waals surface area contributed by atoms with Crippen LogP contribution >= 0.6 is 0 Å². The molecular formula is C12H16O3. The molecule has 3 aliphatic carbocycles. The Hall–Kier alpha value is -0.570. The molecule has 1 spiro atoms. The molecule has 1 aliphatic heterocycles. The van der Waals surface area contributed by atoms with Crippen molar-refractivity contribution in [2.75, 3.05) is 0 Å². The molecule has 1 heterocycles. The van der Waals surface area contributed by atoms with Crippen LogP contribution in [0.4, 0.5) is 0 Å². The van der Waals surface area contributed by atoms with Gasteiger partial charge in [0.1, 0.15) is 11.2 Å². The Labute approximate surface area is 88.8 Å². The summed E-state index contributed by atoms with van der Waals surface area (Å²) in [5.41, 5.74) is -1.29. The van der Waals surface area contributed by atoms with Crippen LogP contribution < -0.4 is 0 Å². The van der Waals surface area contributed by atoms with Gasteiger partial charge in [-0.05, 0) is 43.9 Å². The SMILES string of the molecule is O=C1C[C@@]2(O)CC[C@H]3C[C@@H]4C[C@@H]4C[C@@]32O1. The summed E-state index contributed by atoms with van der Waals surface area (Å²) in [6, 6.07) is 0. The summed E-state index contributed by atoms with van der Waals surface area (Å²) in [4.78, 5) is 11.4. The van der Waals surface area contributed by atoms with Crippen LogP contribution in [0.5, 0.6) is 0 Å². The zero-order valence-electron chi connectivity index (χ0n) is 8.74. The fraction of sp³-hybridized carbons (Fsp3) is 0.917. The summed E-state index contributed by atoms with van der Waals surface area (Å²) >= 11 is 0. The predicted molar refractivity (Wildman–Crippen MR) is 51.9 cm³/mol. The number of rotatable bonds is 0. The Morgan fingerprint density at radius 3 is 3.07 bits per heavy atom. The first-order valence-corrected chi connectivity index (χ1v) is 6.07. The number of hydrogen-bond donors (Lipinski definition) is 1. The molecule has 0 aromatic rings. The van der Waals surface area contributed by atoms with Crippen molar-refractivity contribution in [3.63, 3.8) is 0 Å². The van der Waals surface area contributed by atoms with E-state index in [4.69, 9.17) is 4.74 Å². The first-order chi connectivity index (χ1) is 7.13. The molecule has 3 saturated carbocycles. The Balaban J connectivity index is 1.79. The third-order valence-electron chi connectivity index (χ3n) is 5.31. The maximum Gasteiger partial charge on any atom is 0.309 e. The average Bonchev–Trinajstić information content (AvgIpc) is 2.78. The molecule has 0 amide bonds. The number of hydrogen-bond acceptors (Lipinski definition) is 3. The van der Waals surface area contributed by atoms with E-state index in [1.807, 2.05) is 0 Å². The largest absolute Gasteiger partial charge is 0.456 e. The van der Waals surface area contributed by atoms with Gasteiger partial charge < -0.3 is 9.84 Å². The number of carbonyl (C=O) groups excluding carboxylic acids is 1. The van der Waals surface area contributed by atoms with Gasteiger partial charge in [-0.25, -0.2) is 0 Å². The van der Waals surface area contributed by atoms with Crippen LogP contribution in [0.25, 0.3) is 0 Å². The Bertz CT molecular complexity index is 353. The first-order valence-electron chi connectivity index (χ1n) is 6.07. The number of carbonyl (C=O) groups is 1. The smallest absolute Gasteiger partial charge is 0.309 e. The minimum absolute atomic E-state index is 0.179. The zero-order chi connectivity index (χ0) is 10.3. The summed E-state index contributed by atoms with van der Waals surface area (Å²) < 4.78 is 5.59. The van der Waals surface area contributed by atoms with E-state index >= 15 is 0 Å². The zero-order valence-corrected chi connectivity index (χ0v) is 8.74. The van der Waals surface area contributed by atoms with Crippen LogP contribution in [-0.2, 0) is 9.53 Å². The van der Waals surface area contributed by atoms with Crippen molar-refractivity contribution in [3.05, 3.63) is 0 Å². The highest BCUT2D eigenvalue weighted by molar-refractivity contribution is 5.75. The lowest BCUT2D eigenvalue weighted by Gasteiger charge is -2.41. The lowest BCUT2D eigenvalue weighted by Crippen LogP contribution is -2.52. The minimum Gasteiger partial charge on any atom is -0.456 e. The maximum atomic E-state index is 11.4. The van der Waals surface area contributed by atoms with Gasteiger partial charge in [-0.15, -0.1) is 0 Å². The van der Waals surface area contributed by atoms with Gasteiger partial charge in [-0.2, -0.15) is 0 Å². The van der Waals surface area contributed by atoms with Crippen LogP contribution in [0, 0.1) is 17.8 Å². The second kappa shape index (κ2) is 2.24. The topological polar surface area (TPSA) is 46.5 Å². The van der Waals surface area contributed by atoms with Crippen LogP contribution in [0.2, 0.25) is 0 Å². The fourth-order valence-corrected chi connectivity index (χ4v) is 4.44. The standard InChI is InChI=1S/C12H16O3/c13-10-6-11(14)2-1-9-4-7-3-8(7)5-12(9,11)15-10/h7-9,14H,1-6H2/t7-,8+,9-,11-,12+/m0/s1. The molecule has 3 nitrogen and oxygen atoms in total.